The normalized spacial score (nSPS) is 11.5. The van der Waals surface area contributed by atoms with E-state index in [0.29, 0.717) is 3.53 Å². The van der Waals surface area contributed by atoms with Crippen molar-refractivity contribution in [2.24, 2.45) is 0 Å². The van der Waals surface area contributed by atoms with Gasteiger partial charge in [-0.25, -0.2) is 13.2 Å². The molecule has 0 saturated carbocycles. The average molecular weight is 591 g/mol. The van der Waals surface area contributed by atoms with Crippen molar-refractivity contribution in [2.45, 2.75) is 96.7 Å². The van der Waals surface area contributed by atoms with Crippen molar-refractivity contribution >= 4 is 51.2 Å². The summed E-state index contributed by atoms with van der Waals surface area (Å²) < 4.78 is 72.2. The molecule has 0 aromatic heterocycles. The molecule has 1 rings (SSSR count). The van der Waals surface area contributed by atoms with Gasteiger partial charge in [0.2, 0.25) is 34.8 Å². The predicted octanol–water partition coefficient (Wildman–Crippen LogP) is 8.83. The number of carbonyl (C=O) groups excluding carboxylic acids is 1. The van der Waals surface area contributed by atoms with E-state index in [2.05, 4.69) is 11.7 Å². The molecule has 0 saturated heterocycles. The number of hydrogen-bond acceptors (Lipinski definition) is 6. The fourth-order valence-corrected chi connectivity index (χ4v) is 5.56. The molecule has 0 fully saturated rings. The Morgan fingerprint density at radius 3 is 1.65 bits per heavy atom. The summed E-state index contributed by atoms with van der Waals surface area (Å²) in [4.78, 5) is 21.3. The number of carboxylic acid groups (broad SMARTS) is 1. The van der Waals surface area contributed by atoms with Crippen LogP contribution in [-0.4, -0.2) is 31.6 Å². The predicted molar refractivity (Wildman–Crippen MR) is 144 cm³/mol. The van der Waals surface area contributed by atoms with E-state index in [1.807, 2.05) is 0 Å². The van der Waals surface area contributed by atoms with Gasteiger partial charge >= 0.3 is 5.97 Å². The first-order chi connectivity index (χ1) is 17.5. The molecule has 12 heteroatoms. The van der Waals surface area contributed by atoms with E-state index < -0.39 is 52.0 Å². The fraction of sp³-hybridized carbons (Fsp3) is 0.640. The Bertz CT molecular complexity index is 838. The summed E-state index contributed by atoms with van der Waals surface area (Å²) in [7, 11) is 0. The lowest BCUT2D eigenvalue weighted by Gasteiger charge is -2.15. The van der Waals surface area contributed by atoms with Crippen molar-refractivity contribution in [3.63, 3.8) is 0 Å². The average Bonchev–Trinajstić information content (AvgIpc) is 2.85. The van der Waals surface area contributed by atoms with Gasteiger partial charge in [-0.15, -0.1) is 11.8 Å². The fourth-order valence-electron chi connectivity index (χ4n) is 3.03. The number of carbonyl (C=O) groups is 2. The van der Waals surface area contributed by atoms with E-state index in [0.717, 1.165) is 37.3 Å². The lowest BCUT2D eigenvalue weighted by molar-refractivity contribution is -0.135. The molecule has 1 aromatic carbocycles. The van der Waals surface area contributed by atoms with Crippen LogP contribution in [0.1, 0.15) is 91.4 Å². The number of benzene rings is 1. The van der Waals surface area contributed by atoms with Crippen LogP contribution in [-0.2, 0) is 9.59 Å². The maximum absolute atomic E-state index is 13.7. The van der Waals surface area contributed by atoms with Gasteiger partial charge in [0.1, 0.15) is 8.78 Å². The van der Waals surface area contributed by atoms with Gasteiger partial charge in [0.15, 0.2) is 0 Å². The van der Waals surface area contributed by atoms with E-state index in [4.69, 9.17) is 22.1 Å². The molecule has 0 aliphatic carbocycles. The molecule has 0 amide bonds. The van der Waals surface area contributed by atoms with Gasteiger partial charge in [-0.1, -0.05) is 95.6 Å². The molecule has 0 spiro atoms. The summed E-state index contributed by atoms with van der Waals surface area (Å²) in [5, 5.41) is 6.49. The maximum atomic E-state index is 13.7. The van der Waals surface area contributed by atoms with Crippen LogP contribution in [0.4, 0.5) is 22.0 Å². The third-order valence-electron chi connectivity index (χ3n) is 4.96. The van der Waals surface area contributed by atoms with Gasteiger partial charge in [-0.3, -0.25) is 9.59 Å². The molecule has 0 aliphatic heterocycles. The van der Waals surface area contributed by atoms with Crippen molar-refractivity contribution in [1.29, 1.82) is 0 Å². The smallest absolute Gasteiger partial charge is 0.325 e. The summed E-state index contributed by atoms with van der Waals surface area (Å²) >= 11 is 7.65. The highest BCUT2D eigenvalue weighted by Gasteiger charge is 2.31. The molecule has 0 bridgehead atoms. The standard InChI is InChI=1S/C23H31F5O2S3.C2H4O2/c1-3-5-6-7-8-9-10-11-12-13-14-32-23(31)33-15(4-2)22(29)30-21-19(27)17(25)16(24)18(26)20(21)28;1-2(3)4/h15H,3-14H2,1-2H3;1H3,(H,3,4). The second kappa shape index (κ2) is 20.5. The summed E-state index contributed by atoms with van der Waals surface area (Å²) in [6.07, 6.45) is 12.4. The lowest BCUT2D eigenvalue weighted by Crippen LogP contribution is -2.25. The molecule has 0 radical (unpaired) electrons. The minimum atomic E-state index is -2.31. The number of ether oxygens (including phenoxy) is 1. The Morgan fingerprint density at radius 1 is 0.811 bits per heavy atom. The summed E-state index contributed by atoms with van der Waals surface area (Å²) in [6, 6.07) is 0. The molecule has 37 heavy (non-hydrogen) atoms. The van der Waals surface area contributed by atoms with Crippen molar-refractivity contribution in [1.82, 2.24) is 0 Å². The molecule has 212 valence electrons. The topological polar surface area (TPSA) is 63.6 Å². The number of unbranched alkanes of at least 4 members (excludes halogenated alkanes) is 9. The second-order valence-corrected chi connectivity index (χ2v) is 11.6. The zero-order valence-corrected chi connectivity index (χ0v) is 23.8. The number of rotatable bonds is 15. The third kappa shape index (κ3) is 14.9. The molecule has 0 aliphatic rings. The summed E-state index contributed by atoms with van der Waals surface area (Å²) in [5.74, 6) is -13.8. The van der Waals surface area contributed by atoms with Gasteiger partial charge in [0, 0.05) is 6.92 Å². The summed E-state index contributed by atoms with van der Waals surface area (Å²) in [5.41, 5.74) is 0. The summed E-state index contributed by atoms with van der Waals surface area (Å²) in [6.45, 7) is 4.92. The van der Waals surface area contributed by atoms with Crippen molar-refractivity contribution < 1.29 is 41.4 Å². The number of hydrogen-bond donors (Lipinski definition) is 1. The molecular formula is C25H35F5O4S3. The zero-order valence-electron chi connectivity index (χ0n) is 21.3. The highest BCUT2D eigenvalue weighted by atomic mass is 32.2. The highest BCUT2D eigenvalue weighted by Crippen LogP contribution is 2.31. The minimum Gasteiger partial charge on any atom is -0.481 e. The second-order valence-electron chi connectivity index (χ2n) is 8.13. The Morgan fingerprint density at radius 2 is 1.22 bits per heavy atom. The van der Waals surface area contributed by atoms with E-state index in [9.17, 15) is 26.7 Å². The first kappa shape index (κ1) is 35.6. The van der Waals surface area contributed by atoms with Crippen LogP contribution < -0.4 is 4.74 Å². The van der Waals surface area contributed by atoms with Crippen LogP contribution in [0, 0.1) is 29.1 Å². The van der Waals surface area contributed by atoms with E-state index in [1.165, 1.54) is 63.1 Å². The van der Waals surface area contributed by atoms with Crippen LogP contribution in [0.5, 0.6) is 5.75 Å². The minimum absolute atomic E-state index is 0.206. The number of halogens is 5. The van der Waals surface area contributed by atoms with Gasteiger partial charge in [-0.2, -0.15) is 8.78 Å². The lowest BCUT2D eigenvalue weighted by atomic mass is 10.1. The van der Waals surface area contributed by atoms with Crippen molar-refractivity contribution in [2.75, 3.05) is 5.75 Å². The Hall–Kier alpha value is -1.40. The first-order valence-electron chi connectivity index (χ1n) is 12.2. The van der Waals surface area contributed by atoms with E-state index in [-0.39, 0.29) is 6.42 Å². The van der Waals surface area contributed by atoms with Crippen LogP contribution in [0.15, 0.2) is 0 Å². The number of carboxylic acids is 1. The molecular weight excluding hydrogens is 555 g/mol. The Labute approximate surface area is 229 Å². The molecule has 4 nitrogen and oxygen atoms in total. The van der Waals surface area contributed by atoms with Gasteiger partial charge in [0.05, 0.1) is 0 Å². The molecule has 0 heterocycles. The van der Waals surface area contributed by atoms with Crippen LogP contribution in [0.2, 0.25) is 0 Å². The van der Waals surface area contributed by atoms with E-state index >= 15 is 0 Å². The number of thioether (sulfide) groups is 2. The zero-order chi connectivity index (χ0) is 28.4. The molecule has 1 aromatic rings. The first-order valence-corrected chi connectivity index (χ1v) is 14.5. The van der Waals surface area contributed by atoms with E-state index in [1.54, 1.807) is 6.92 Å². The third-order valence-corrected chi connectivity index (χ3v) is 7.98. The van der Waals surface area contributed by atoms with Crippen molar-refractivity contribution in [3.05, 3.63) is 29.1 Å². The maximum Gasteiger partial charge on any atom is 0.325 e. The van der Waals surface area contributed by atoms with Gasteiger partial charge in [-0.05, 0) is 18.6 Å². The Kier molecular flexibility index (Phi) is 19.8. The number of esters is 1. The van der Waals surface area contributed by atoms with Crippen LogP contribution in [0.25, 0.3) is 0 Å². The largest absolute Gasteiger partial charge is 0.481 e. The van der Waals surface area contributed by atoms with Gasteiger partial charge < -0.3 is 9.84 Å². The highest BCUT2D eigenvalue weighted by molar-refractivity contribution is 8.47. The number of thiocarbonyl (C=S) groups is 1. The molecule has 1 unspecified atom stereocenters. The van der Waals surface area contributed by atoms with Crippen molar-refractivity contribution in [3.8, 4) is 5.75 Å². The molecule has 1 atom stereocenters. The quantitative estimate of drug-likeness (QED) is 0.0416. The number of aliphatic carboxylic acids is 1. The Balaban J connectivity index is 0.00000300. The monoisotopic (exact) mass is 590 g/mol. The SMILES string of the molecule is CC(=O)O.CCCCCCCCCCCCSC(=S)SC(CC)C(=O)Oc1c(F)c(F)c(F)c(F)c1F. The van der Waals surface area contributed by atoms with Crippen LogP contribution in [0.3, 0.4) is 0 Å². The van der Waals surface area contributed by atoms with Gasteiger partial charge in [0.25, 0.3) is 5.97 Å². The van der Waals surface area contributed by atoms with Crippen LogP contribution >= 0.6 is 35.7 Å². The molecule has 1 N–H and O–H groups in total.